The first kappa shape index (κ1) is 16.3. The van der Waals surface area contributed by atoms with Gasteiger partial charge in [0.15, 0.2) is 17.3 Å². The molecule has 144 valence electrons. The Morgan fingerprint density at radius 3 is 2.76 bits per heavy atom. The molecular weight excluding hydrogens is 370 g/mol. The number of benzene rings is 1. The SMILES string of the molecule is O=[N+]([O-])c1cnc2c(c1)CN(c1nn3c(C4CC4)nnc3c3ccccc13)CC2. The van der Waals surface area contributed by atoms with Gasteiger partial charge in [-0.15, -0.1) is 15.3 Å². The quantitative estimate of drug-likeness (QED) is 0.393. The lowest BCUT2D eigenvalue weighted by Gasteiger charge is -2.29. The Morgan fingerprint density at radius 2 is 1.97 bits per heavy atom. The van der Waals surface area contributed by atoms with Crippen LogP contribution in [0.4, 0.5) is 11.5 Å². The zero-order chi connectivity index (χ0) is 19.5. The van der Waals surface area contributed by atoms with E-state index < -0.39 is 4.92 Å². The molecule has 6 rings (SSSR count). The van der Waals surface area contributed by atoms with Crippen molar-refractivity contribution < 1.29 is 4.92 Å². The second-order valence-corrected chi connectivity index (χ2v) is 7.67. The predicted molar refractivity (Wildman–Crippen MR) is 106 cm³/mol. The number of anilines is 1. The maximum absolute atomic E-state index is 11.2. The van der Waals surface area contributed by atoms with Gasteiger partial charge in [0.05, 0.1) is 4.92 Å². The van der Waals surface area contributed by atoms with Crippen molar-refractivity contribution in [3.8, 4) is 0 Å². The standard InChI is InChI=1S/C20H17N7O2/c28-27(29)14-9-13-11-25(8-7-17(13)21-10-14)20-16-4-2-1-3-15(16)19-23-22-18(12-5-6-12)26(19)24-20/h1-4,9-10,12H,5-8,11H2. The third-order valence-electron chi connectivity index (χ3n) is 5.75. The summed E-state index contributed by atoms with van der Waals surface area (Å²) in [4.78, 5) is 17.2. The molecule has 1 aliphatic heterocycles. The Hall–Kier alpha value is -3.62. The first-order chi connectivity index (χ1) is 14.2. The van der Waals surface area contributed by atoms with Crippen LogP contribution in [-0.4, -0.2) is 36.3 Å². The smallest absolute Gasteiger partial charge is 0.287 e. The van der Waals surface area contributed by atoms with Crippen molar-refractivity contribution in [1.82, 2.24) is 24.8 Å². The van der Waals surface area contributed by atoms with Crippen LogP contribution < -0.4 is 4.90 Å². The van der Waals surface area contributed by atoms with Crippen molar-refractivity contribution in [3.63, 3.8) is 0 Å². The van der Waals surface area contributed by atoms with Crippen LogP contribution in [-0.2, 0) is 13.0 Å². The summed E-state index contributed by atoms with van der Waals surface area (Å²) in [5.74, 6) is 2.20. The molecule has 0 saturated heterocycles. The minimum atomic E-state index is -0.398. The zero-order valence-electron chi connectivity index (χ0n) is 15.5. The predicted octanol–water partition coefficient (Wildman–Crippen LogP) is 3.02. The molecule has 0 bridgehead atoms. The normalized spacial score (nSPS) is 16.3. The van der Waals surface area contributed by atoms with Crippen LogP contribution in [0.25, 0.3) is 16.4 Å². The van der Waals surface area contributed by atoms with E-state index in [9.17, 15) is 10.1 Å². The third-order valence-corrected chi connectivity index (χ3v) is 5.75. The van der Waals surface area contributed by atoms with E-state index in [2.05, 4.69) is 20.1 Å². The molecule has 0 spiro atoms. The number of rotatable bonds is 3. The van der Waals surface area contributed by atoms with E-state index in [-0.39, 0.29) is 5.69 Å². The van der Waals surface area contributed by atoms with Crippen LogP contribution in [0.15, 0.2) is 36.5 Å². The molecule has 0 unspecified atom stereocenters. The summed E-state index contributed by atoms with van der Waals surface area (Å²) in [6.45, 7) is 1.29. The van der Waals surface area contributed by atoms with Gasteiger partial charge in [-0.25, -0.2) is 0 Å². The average Bonchev–Trinajstić information content (AvgIpc) is 3.51. The molecule has 1 aliphatic carbocycles. The monoisotopic (exact) mass is 387 g/mol. The van der Waals surface area contributed by atoms with E-state index in [1.54, 1.807) is 6.07 Å². The van der Waals surface area contributed by atoms with Gasteiger partial charge in [-0.2, -0.15) is 4.52 Å². The van der Waals surface area contributed by atoms with Gasteiger partial charge < -0.3 is 4.90 Å². The van der Waals surface area contributed by atoms with Gasteiger partial charge in [-0.3, -0.25) is 15.1 Å². The van der Waals surface area contributed by atoms with Crippen molar-refractivity contribution in [2.24, 2.45) is 0 Å². The van der Waals surface area contributed by atoms with Crippen molar-refractivity contribution in [2.75, 3.05) is 11.4 Å². The number of pyridine rings is 1. The molecule has 0 radical (unpaired) electrons. The molecule has 0 N–H and O–H groups in total. The maximum atomic E-state index is 11.2. The molecule has 0 atom stereocenters. The van der Waals surface area contributed by atoms with Crippen molar-refractivity contribution in [1.29, 1.82) is 0 Å². The maximum Gasteiger partial charge on any atom is 0.287 e. The number of nitro groups is 1. The average molecular weight is 387 g/mol. The van der Waals surface area contributed by atoms with Crippen molar-refractivity contribution in [3.05, 3.63) is 63.7 Å². The topological polar surface area (TPSA) is 102 Å². The van der Waals surface area contributed by atoms with Crippen LogP contribution >= 0.6 is 0 Å². The van der Waals surface area contributed by atoms with E-state index in [4.69, 9.17) is 5.10 Å². The van der Waals surface area contributed by atoms with Crippen molar-refractivity contribution in [2.45, 2.75) is 31.7 Å². The summed E-state index contributed by atoms with van der Waals surface area (Å²) in [6.07, 6.45) is 4.31. The molecule has 3 aromatic heterocycles. The highest BCUT2D eigenvalue weighted by molar-refractivity contribution is 6.00. The Bertz CT molecular complexity index is 1290. The van der Waals surface area contributed by atoms with Gasteiger partial charge in [-0.05, 0) is 18.4 Å². The molecule has 4 aromatic rings. The highest BCUT2D eigenvalue weighted by atomic mass is 16.6. The van der Waals surface area contributed by atoms with E-state index in [0.717, 1.165) is 65.1 Å². The number of hydrogen-bond donors (Lipinski definition) is 0. The lowest BCUT2D eigenvalue weighted by Crippen LogP contribution is -2.32. The lowest BCUT2D eigenvalue weighted by molar-refractivity contribution is -0.385. The Labute approximate surface area is 165 Å². The van der Waals surface area contributed by atoms with Crippen molar-refractivity contribution >= 4 is 27.9 Å². The number of hydrogen-bond acceptors (Lipinski definition) is 7. The van der Waals surface area contributed by atoms with Crippen LogP contribution in [0.2, 0.25) is 0 Å². The van der Waals surface area contributed by atoms with E-state index in [0.29, 0.717) is 12.5 Å². The largest absolute Gasteiger partial charge is 0.350 e. The fourth-order valence-electron chi connectivity index (χ4n) is 4.10. The molecule has 9 heteroatoms. The summed E-state index contributed by atoms with van der Waals surface area (Å²) in [6, 6.07) is 9.71. The van der Waals surface area contributed by atoms with E-state index >= 15 is 0 Å². The summed E-state index contributed by atoms with van der Waals surface area (Å²) in [5, 5.41) is 26.9. The molecule has 4 heterocycles. The molecule has 1 aromatic carbocycles. The molecule has 0 amide bonds. The summed E-state index contributed by atoms with van der Waals surface area (Å²) < 4.78 is 1.89. The number of fused-ring (bicyclic) bond motifs is 4. The molecule has 29 heavy (non-hydrogen) atoms. The van der Waals surface area contributed by atoms with Crippen LogP contribution in [0.1, 0.15) is 35.8 Å². The van der Waals surface area contributed by atoms with E-state index in [1.165, 1.54) is 6.20 Å². The highest BCUT2D eigenvalue weighted by Gasteiger charge is 2.31. The summed E-state index contributed by atoms with van der Waals surface area (Å²) in [5.41, 5.74) is 2.59. The Morgan fingerprint density at radius 1 is 1.14 bits per heavy atom. The zero-order valence-corrected chi connectivity index (χ0v) is 15.5. The highest BCUT2D eigenvalue weighted by Crippen LogP contribution is 2.40. The minimum absolute atomic E-state index is 0.0219. The number of aromatic nitrogens is 5. The fourth-order valence-corrected chi connectivity index (χ4v) is 4.10. The first-order valence-corrected chi connectivity index (χ1v) is 9.70. The molecule has 2 aliphatic rings. The van der Waals surface area contributed by atoms with E-state index in [1.807, 2.05) is 28.8 Å². The molecule has 9 nitrogen and oxygen atoms in total. The van der Waals surface area contributed by atoms with Gasteiger partial charge in [0.25, 0.3) is 5.69 Å². The molecule has 1 saturated carbocycles. The van der Waals surface area contributed by atoms with Gasteiger partial charge in [-0.1, -0.05) is 24.3 Å². The minimum Gasteiger partial charge on any atom is -0.350 e. The third kappa shape index (κ3) is 2.54. The van der Waals surface area contributed by atoms with Crippen LogP contribution in [0, 0.1) is 10.1 Å². The first-order valence-electron chi connectivity index (χ1n) is 9.70. The Kier molecular flexibility index (Phi) is 3.35. The van der Waals surface area contributed by atoms with Gasteiger partial charge >= 0.3 is 0 Å². The molecule has 1 fully saturated rings. The second-order valence-electron chi connectivity index (χ2n) is 7.67. The second kappa shape index (κ2) is 5.94. The Balaban J connectivity index is 1.51. The van der Waals surface area contributed by atoms with Crippen LogP contribution in [0.5, 0.6) is 0 Å². The molecular formula is C20H17N7O2. The fraction of sp³-hybridized carbons (Fsp3) is 0.300. The van der Waals surface area contributed by atoms with Gasteiger partial charge in [0, 0.05) is 48.0 Å². The van der Waals surface area contributed by atoms with Gasteiger partial charge in [0.2, 0.25) is 0 Å². The van der Waals surface area contributed by atoms with Gasteiger partial charge in [0.1, 0.15) is 6.20 Å². The van der Waals surface area contributed by atoms with Crippen LogP contribution in [0.3, 0.4) is 0 Å². The lowest BCUT2D eigenvalue weighted by atomic mass is 10.0. The summed E-state index contributed by atoms with van der Waals surface area (Å²) in [7, 11) is 0. The number of nitrogens with zero attached hydrogens (tertiary/aromatic N) is 7. The summed E-state index contributed by atoms with van der Waals surface area (Å²) >= 11 is 0.